The molecule has 2 aromatic heterocycles. The number of carbonyl (C=O) groups is 2. The molecular formula is C18H18N4O3. The number of furan rings is 1. The minimum Gasteiger partial charge on any atom is -0.459 e. The molecule has 0 aliphatic rings. The number of aryl methyl sites for hydroxylation is 1. The van der Waals surface area contributed by atoms with Gasteiger partial charge in [-0.3, -0.25) is 9.59 Å². The van der Waals surface area contributed by atoms with E-state index in [1.165, 1.54) is 12.3 Å². The number of hydrogen-bond acceptors (Lipinski definition) is 4. The van der Waals surface area contributed by atoms with E-state index in [4.69, 9.17) is 4.42 Å². The minimum atomic E-state index is -0.437. The lowest BCUT2D eigenvalue weighted by atomic mass is 10.1. The fraction of sp³-hybridized carbons (Fsp3) is 0.167. The van der Waals surface area contributed by atoms with Crippen LogP contribution in [0.25, 0.3) is 0 Å². The lowest BCUT2D eigenvalue weighted by molar-refractivity contribution is -0.120. The summed E-state index contributed by atoms with van der Waals surface area (Å²) in [5.41, 5.74) is 0.905. The molecule has 2 N–H and O–H groups in total. The number of rotatable bonds is 6. The van der Waals surface area contributed by atoms with Crippen molar-refractivity contribution in [1.29, 1.82) is 0 Å². The number of carbonyl (C=O) groups excluding carboxylic acids is 2. The molecule has 2 amide bonds. The van der Waals surface area contributed by atoms with Crippen LogP contribution in [0, 0.1) is 0 Å². The largest absolute Gasteiger partial charge is 0.459 e. The molecule has 3 rings (SSSR count). The molecule has 0 spiro atoms. The molecule has 0 bridgehead atoms. The van der Waals surface area contributed by atoms with Crippen molar-refractivity contribution >= 4 is 11.8 Å². The fourth-order valence-electron chi connectivity index (χ4n) is 2.47. The van der Waals surface area contributed by atoms with E-state index < -0.39 is 11.9 Å². The molecular weight excluding hydrogens is 320 g/mol. The van der Waals surface area contributed by atoms with Gasteiger partial charge in [0, 0.05) is 19.4 Å². The molecule has 1 aromatic carbocycles. The van der Waals surface area contributed by atoms with E-state index >= 15 is 0 Å². The first kappa shape index (κ1) is 16.5. The van der Waals surface area contributed by atoms with Crippen molar-refractivity contribution < 1.29 is 14.0 Å². The van der Waals surface area contributed by atoms with Gasteiger partial charge in [0.2, 0.25) is 5.91 Å². The highest BCUT2D eigenvalue weighted by molar-refractivity contribution is 5.94. The Morgan fingerprint density at radius 2 is 2.00 bits per heavy atom. The number of nitrogens with one attached hydrogen (secondary N) is 2. The Hall–Kier alpha value is -3.35. The molecule has 0 fully saturated rings. The van der Waals surface area contributed by atoms with Crippen molar-refractivity contribution in [3.63, 3.8) is 0 Å². The summed E-state index contributed by atoms with van der Waals surface area (Å²) in [5, 5.41) is 5.44. The number of hydrogen-bond donors (Lipinski definition) is 2. The maximum atomic E-state index is 12.3. The van der Waals surface area contributed by atoms with Crippen LogP contribution >= 0.6 is 0 Å². The summed E-state index contributed by atoms with van der Waals surface area (Å²) < 4.78 is 6.84. The van der Waals surface area contributed by atoms with Gasteiger partial charge in [-0.05, 0) is 17.7 Å². The zero-order valence-corrected chi connectivity index (χ0v) is 13.7. The number of nitrogens with zero attached hydrogens (tertiary/aromatic N) is 2. The standard InChI is InChI=1S/C18H18N4O3/c1-22-10-9-19-17(22)16(13-6-3-2-4-7-13)21-15(23)12-20-18(24)14-8-5-11-25-14/h2-11,16H,12H2,1H3,(H,20,24)(H,21,23)/t16-/m1/s1. The summed E-state index contributed by atoms with van der Waals surface area (Å²) in [7, 11) is 1.86. The second kappa shape index (κ2) is 7.48. The quantitative estimate of drug-likeness (QED) is 0.715. The first-order valence-corrected chi connectivity index (χ1v) is 7.78. The molecule has 0 saturated heterocycles. The second-order valence-electron chi connectivity index (χ2n) is 5.47. The van der Waals surface area contributed by atoms with Crippen molar-refractivity contribution in [3.8, 4) is 0 Å². The van der Waals surface area contributed by atoms with Gasteiger partial charge in [-0.1, -0.05) is 30.3 Å². The highest BCUT2D eigenvalue weighted by Gasteiger charge is 2.21. The number of imidazole rings is 1. The van der Waals surface area contributed by atoms with Crippen molar-refractivity contribution in [2.75, 3.05) is 6.54 Å². The second-order valence-corrected chi connectivity index (χ2v) is 5.47. The van der Waals surface area contributed by atoms with Crippen LogP contribution in [-0.2, 0) is 11.8 Å². The molecule has 0 saturated carbocycles. The van der Waals surface area contributed by atoms with Gasteiger partial charge >= 0.3 is 0 Å². The van der Waals surface area contributed by atoms with Gasteiger partial charge in [0.05, 0.1) is 12.8 Å². The molecule has 0 aliphatic heterocycles. The van der Waals surface area contributed by atoms with E-state index in [0.717, 1.165) is 5.56 Å². The fourth-order valence-corrected chi connectivity index (χ4v) is 2.47. The molecule has 2 heterocycles. The van der Waals surface area contributed by atoms with E-state index in [1.807, 2.05) is 48.1 Å². The van der Waals surface area contributed by atoms with Gasteiger partial charge in [-0.25, -0.2) is 4.98 Å². The van der Waals surface area contributed by atoms with Crippen LogP contribution in [0.5, 0.6) is 0 Å². The molecule has 3 aromatic rings. The van der Waals surface area contributed by atoms with Crippen molar-refractivity contribution in [2.24, 2.45) is 7.05 Å². The molecule has 25 heavy (non-hydrogen) atoms. The highest BCUT2D eigenvalue weighted by atomic mass is 16.3. The molecule has 128 valence electrons. The summed E-state index contributed by atoms with van der Waals surface area (Å²) in [6.07, 6.45) is 4.90. The van der Waals surface area contributed by atoms with E-state index in [-0.39, 0.29) is 18.2 Å². The van der Waals surface area contributed by atoms with Crippen LogP contribution < -0.4 is 10.6 Å². The summed E-state index contributed by atoms with van der Waals surface area (Å²) >= 11 is 0. The Kier molecular flexibility index (Phi) is 4.94. The number of amides is 2. The molecule has 0 unspecified atom stereocenters. The third-order valence-corrected chi connectivity index (χ3v) is 3.71. The SMILES string of the molecule is Cn1ccnc1[C@H](NC(=O)CNC(=O)c1ccco1)c1ccccc1. The van der Waals surface area contributed by atoms with Crippen LogP contribution in [0.2, 0.25) is 0 Å². The summed E-state index contributed by atoms with van der Waals surface area (Å²) in [5.74, 6) is 0.110. The Morgan fingerprint density at radius 3 is 2.64 bits per heavy atom. The molecule has 1 atom stereocenters. The molecule has 0 aliphatic carbocycles. The van der Waals surface area contributed by atoms with Crippen LogP contribution in [-0.4, -0.2) is 27.9 Å². The number of aromatic nitrogens is 2. The maximum Gasteiger partial charge on any atom is 0.287 e. The third kappa shape index (κ3) is 3.95. The van der Waals surface area contributed by atoms with Crippen LogP contribution in [0.4, 0.5) is 0 Å². The van der Waals surface area contributed by atoms with Crippen molar-refractivity contribution in [3.05, 3.63) is 78.3 Å². The van der Waals surface area contributed by atoms with E-state index in [1.54, 1.807) is 12.3 Å². The first-order chi connectivity index (χ1) is 12.1. The average molecular weight is 338 g/mol. The van der Waals surface area contributed by atoms with E-state index in [0.29, 0.717) is 5.82 Å². The van der Waals surface area contributed by atoms with Gasteiger partial charge in [-0.2, -0.15) is 0 Å². The Balaban J connectivity index is 1.69. The van der Waals surface area contributed by atoms with Crippen LogP contribution in [0.1, 0.15) is 28.0 Å². The first-order valence-electron chi connectivity index (χ1n) is 7.78. The van der Waals surface area contributed by atoms with E-state index in [9.17, 15) is 9.59 Å². The molecule has 7 heteroatoms. The lowest BCUT2D eigenvalue weighted by Crippen LogP contribution is -2.39. The summed E-state index contributed by atoms with van der Waals surface area (Å²) in [4.78, 5) is 28.5. The smallest absolute Gasteiger partial charge is 0.287 e. The zero-order chi connectivity index (χ0) is 17.6. The van der Waals surface area contributed by atoms with Gasteiger partial charge in [-0.15, -0.1) is 0 Å². The maximum absolute atomic E-state index is 12.3. The van der Waals surface area contributed by atoms with Gasteiger partial charge in [0.15, 0.2) is 5.76 Å². The third-order valence-electron chi connectivity index (χ3n) is 3.71. The van der Waals surface area contributed by atoms with Crippen molar-refractivity contribution in [1.82, 2.24) is 20.2 Å². The topological polar surface area (TPSA) is 89.2 Å². The monoisotopic (exact) mass is 338 g/mol. The Labute approximate surface area is 144 Å². The average Bonchev–Trinajstić information content (AvgIpc) is 3.30. The van der Waals surface area contributed by atoms with Gasteiger partial charge < -0.3 is 19.6 Å². The molecule has 0 radical (unpaired) electrons. The predicted octanol–water partition coefficient (Wildman–Crippen LogP) is 1.65. The Morgan fingerprint density at radius 1 is 1.20 bits per heavy atom. The van der Waals surface area contributed by atoms with Gasteiger partial charge in [0.1, 0.15) is 11.9 Å². The molecule has 7 nitrogen and oxygen atoms in total. The van der Waals surface area contributed by atoms with Crippen molar-refractivity contribution in [2.45, 2.75) is 6.04 Å². The lowest BCUT2D eigenvalue weighted by Gasteiger charge is -2.19. The minimum absolute atomic E-state index is 0.159. The van der Waals surface area contributed by atoms with Crippen LogP contribution in [0.15, 0.2) is 65.5 Å². The van der Waals surface area contributed by atoms with Gasteiger partial charge in [0.25, 0.3) is 5.91 Å². The predicted molar refractivity (Wildman–Crippen MR) is 90.7 cm³/mol. The summed E-state index contributed by atoms with van der Waals surface area (Å²) in [6.45, 7) is -0.159. The van der Waals surface area contributed by atoms with E-state index in [2.05, 4.69) is 15.6 Å². The number of benzene rings is 1. The summed E-state index contributed by atoms with van der Waals surface area (Å²) in [6, 6.07) is 12.3. The van der Waals surface area contributed by atoms with Crippen LogP contribution in [0.3, 0.4) is 0 Å². The zero-order valence-electron chi connectivity index (χ0n) is 13.7. The highest BCUT2D eigenvalue weighted by Crippen LogP contribution is 2.19. The Bertz CT molecular complexity index is 840. The normalized spacial score (nSPS) is 11.7.